The summed E-state index contributed by atoms with van der Waals surface area (Å²) in [5.74, 6) is 0.749. The molecule has 0 saturated carbocycles. The number of aromatic amines is 1. The van der Waals surface area contributed by atoms with Gasteiger partial charge in [0.1, 0.15) is 11.8 Å². The molecule has 0 aliphatic heterocycles. The van der Waals surface area contributed by atoms with E-state index in [0.29, 0.717) is 33.7 Å². The number of methoxy groups -OCH3 is 1. The quantitative estimate of drug-likeness (QED) is 0.183. The van der Waals surface area contributed by atoms with Gasteiger partial charge in [-0.1, -0.05) is 47.6 Å². The smallest absolute Gasteiger partial charge is 0.293 e. The molecule has 0 radical (unpaired) electrons. The summed E-state index contributed by atoms with van der Waals surface area (Å²) in [6.07, 6.45) is 1.71. The molecule has 2 N–H and O–H groups in total. The van der Waals surface area contributed by atoms with E-state index >= 15 is 4.39 Å². The Kier molecular flexibility index (Phi) is 6.91. The molecule has 33 heavy (non-hydrogen) atoms. The molecule has 4 rings (SSSR count). The third kappa shape index (κ3) is 5.14. The molecule has 7 heteroatoms. The lowest BCUT2D eigenvalue weighted by Crippen LogP contribution is -2.32. The molecule has 0 aliphatic carbocycles. The maximum atomic E-state index is 15.5. The number of rotatable bonds is 7. The fraction of sp³-hybridized carbons (Fsp3) is 0.192. The average Bonchev–Trinajstić information content (AvgIpc) is 3.23. The maximum absolute atomic E-state index is 15.5. The van der Waals surface area contributed by atoms with Crippen molar-refractivity contribution in [2.75, 3.05) is 13.0 Å². The SMILES string of the molecule is COCSc1cccc(-c2ccc(-[n+]3cc(C(C)(C)O)[nH]c3-c3ccccc3Cl)c(F)c2)c1. The minimum absolute atomic E-state index is 0.352. The van der Waals surface area contributed by atoms with Gasteiger partial charge in [-0.2, -0.15) is 4.57 Å². The number of benzene rings is 3. The van der Waals surface area contributed by atoms with E-state index in [0.717, 1.165) is 16.0 Å². The number of halogens is 2. The normalized spacial score (nSPS) is 11.7. The van der Waals surface area contributed by atoms with E-state index in [9.17, 15) is 5.11 Å². The van der Waals surface area contributed by atoms with Gasteiger partial charge in [0, 0.05) is 12.0 Å². The minimum Gasteiger partial charge on any atom is -0.382 e. The molecule has 4 aromatic rings. The summed E-state index contributed by atoms with van der Waals surface area (Å²) in [5, 5.41) is 11.1. The van der Waals surface area contributed by atoms with Crippen molar-refractivity contribution in [3.63, 3.8) is 0 Å². The highest BCUT2D eigenvalue weighted by atomic mass is 35.5. The number of ether oxygens (including phenoxy) is 1. The van der Waals surface area contributed by atoms with Crippen LogP contribution in [0.25, 0.3) is 28.2 Å². The summed E-state index contributed by atoms with van der Waals surface area (Å²) in [4.78, 5) is 4.28. The molecule has 4 nitrogen and oxygen atoms in total. The van der Waals surface area contributed by atoms with Gasteiger partial charge in [-0.05, 0) is 67.4 Å². The monoisotopic (exact) mass is 483 g/mol. The van der Waals surface area contributed by atoms with Crippen LogP contribution in [0.3, 0.4) is 0 Å². The molecule has 0 unspecified atom stereocenters. The zero-order valence-electron chi connectivity index (χ0n) is 18.6. The number of nitrogens with one attached hydrogen (secondary N) is 1. The lowest BCUT2D eigenvalue weighted by Gasteiger charge is -2.10. The Labute approximate surface area is 202 Å². The molecular formula is C26H25ClFN2O2S+. The molecule has 0 atom stereocenters. The van der Waals surface area contributed by atoms with Crippen LogP contribution < -0.4 is 4.57 Å². The van der Waals surface area contributed by atoms with Crippen molar-refractivity contribution in [3.8, 4) is 28.2 Å². The fourth-order valence-corrected chi connectivity index (χ4v) is 4.40. The molecular weight excluding hydrogens is 459 g/mol. The van der Waals surface area contributed by atoms with Crippen molar-refractivity contribution >= 4 is 23.4 Å². The van der Waals surface area contributed by atoms with Gasteiger partial charge in [-0.15, -0.1) is 0 Å². The second kappa shape index (κ2) is 9.69. The number of nitrogens with zero attached hydrogens (tertiary/aromatic N) is 1. The zero-order chi connectivity index (χ0) is 23.6. The molecule has 1 aromatic heterocycles. The highest BCUT2D eigenvalue weighted by Crippen LogP contribution is 2.30. The van der Waals surface area contributed by atoms with E-state index in [-0.39, 0.29) is 5.82 Å². The number of H-pyrrole nitrogens is 1. The van der Waals surface area contributed by atoms with Gasteiger partial charge >= 0.3 is 0 Å². The van der Waals surface area contributed by atoms with Gasteiger partial charge in [0.05, 0.1) is 16.5 Å². The predicted octanol–water partition coefficient (Wildman–Crippen LogP) is 6.34. The summed E-state index contributed by atoms with van der Waals surface area (Å²) in [6, 6.07) is 20.4. The molecule has 0 saturated heterocycles. The van der Waals surface area contributed by atoms with Gasteiger partial charge in [-0.3, -0.25) is 0 Å². The Balaban J connectivity index is 1.79. The first kappa shape index (κ1) is 23.5. The highest BCUT2D eigenvalue weighted by Gasteiger charge is 2.30. The first-order valence-corrected chi connectivity index (χ1v) is 11.8. The molecule has 0 bridgehead atoms. The average molecular weight is 484 g/mol. The van der Waals surface area contributed by atoms with Crippen LogP contribution in [0.1, 0.15) is 19.5 Å². The van der Waals surface area contributed by atoms with Crippen LogP contribution in [-0.2, 0) is 10.3 Å². The largest absolute Gasteiger partial charge is 0.382 e. The molecule has 170 valence electrons. The Morgan fingerprint density at radius 1 is 1.06 bits per heavy atom. The summed E-state index contributed by atoms with van der Waals surface area (Å²) >= 11 is 8.02. The molecule has 3 aromatic carbocycles. The number of imidazole rings is 1. The Morgan fingerprint density at radius 2 is 1.82 bits per heavy atom. The van der Waals surface area contributed by atoms with Crippen molar-refractivity contribution in [2.24, 2.45) is 0 Å². The van der Waals surface area contributed by atoms with E-state index in [1.807, 2.05) is 48.5 Å². The zero-order valence-corrected chi connectivity index (χ0v) is 20.2. The van der Waals surface area contributed by atoms with Gasteiger partial charge in [0.15, 0.2) is 17.2 Å². The standard InChI is InChI=1S/C26H24ClFN2O2S/c1-26(2,31)24-15-30(25(29-24)20-9-4-5-10-21(20)27)23-12-11-18(14-22(23)28)17-7-6-8-19(13-17)33-16-32-3/h4-15,31H,16H2,1-3H3/p+1. The molecule has 0 fully saturated rings. The summed E-state index contributed by atoms with van der Waals surface area (Å²) in [6.45, 7) is 3.35. The topological polar surface area (TPSA) is 49.1 Å². The number of thioether (sulfide) groups is 1. The summed E-state index contributed by atoms with van der Waals surface area (Å²) in [7, 11) is 1.66. The molecule has 1 heterocycles. The van der Waals surface area contributed by atoms with Gasteiger partial charge in [0.2, 0.25) is 0 Å². The van der Waals surface area contributed by atoms with Crippen LogP contribution in [0, 0.1) is 5.82 Å². The van der Waals surface area contributed by atoms with Crippen LogP contribution in [-0.4, -0.2) is 23.1 Å². The van der Waals surface area contributed by atoms with Gasteiger partial charge in [-0.25, -0.2) is 9.37 Å². The first-order valence-electron chi connectivity index (χ1n) is 10.4. The molecule has 0 spiro atoms. The minimum atomic E-state index is -1.14. The van der Waals surface area contributed by atoms with Crippen LogP contribution in [0.2, 0.25) is 5.02 Å². The third-order valence-corrected chi connectivity index (χ3v) is 6.53. The van der Waals surface area contributed by atoms with E-state index in [4.69, 9.17) is 16.3 Å². The Morgan fingerprint density at radius 3 is 2.52 bits per heavy atom. The van der Waals surface area contributed by atoms with Crippen LogP contribution in [0.4, 0.5) is 4.39 Å². The second-order valence-corrected chi connectivity index (χ2v) is 9.57. The lowest BCUT2D eigenvalue weighted by molar-refractivity contribution is -0.584. The Bertz CT molecular complexity index is 1280. The fourth-order valence-electron chi connectivity index (χ4n) is 3.54. The van der Waals surface area contributed by atoms with Gasteiger partial charge < -0.3 is 9.84 Å². The molecule has 0 amide bonds. The second-order valence-electron chi connectivity index (χ2n) is 8.17. The van der Waals surface area contributed by atoms with E-state index in [2.05, 4.69) is 4.98 Å². The van der Waals surface area contributed by atoms with E-state index in [1.54, 1.807) is 55.6 Å². The van der Waals surface area contributed by atoms with Crippen molar-refractivity contribution in [3.05, 3.63) is 89.5 Å². The predicted molar refractivity (Wildman–Crippen MR) is 131 cm³/mol. The summed E-state index contributed by atoms with van der Waals surface area (Å²) in [5.41, 5.74) is 2.16. The van der Waals surface area contributed by atoms with Crippen molar-refractivity contribution < 1.29 is 18.8 Å². The van der Waals surface area contributed by atoms with Crippen LogP contribution in [0.15, 0.2) is 77.8 Å². The number of hydrogen-bond acceptors (Lipinski definition) is 3. The van der Waals surface area contributed by atoms with Crippen molar-refractivity contribution in [1.29, 1.82) is 0 Å². The van der Waals surface area contributed by atoms with Crippen molar-refractivity contribution in [2.45, 2.75) is 24.3 Å². The number of aromatic nitrogens is 2. The van der Waals surface area contributed by atoms with E-state index in [1.165, 1.54) is 6.07 Å². The van der Waals surface area contributed by atoms with E-state index < -0.39 is 5.60 Å². The van der Waals surface area contributed by atoms with Crippen molar-refractivity contribution in [1.82, 2.24) is 4.98 Å². The number of aliphatic hydroxyl groups is 1. The Hall–Kier alpha value is -2.64. The first-order chi connectivity index (χ1) is 15.8. The van der Waals surface area contributed by atoms with Crippen LogP contribution in [0.5, 0.6) is 0 Å². The van der Waals surface area contributed by atoms with Gasteiger partial charge in [0.25, 0.3) is 5.82 Å². The lowest BCUT2D eigenvalue weighted by atomic mass is 10.0. The molecule has 0 aliphatic rings. The third-order valence-electron chi connectivity index (χ3n) is 5.26. The highest BCUT2D eigenvalue weighted by molar-refractivity contribution is 7.99. The summed E-state index contributed by atoms with van der Waals surface area (Å²) < 4.78 is 22.3. The van der Waals surface area contributed by atoms with Crippen LogP contribution >= 0.6 is 23.4 Å². The number of hydrogen-bond donors (Lipinski definition) is 2. The maximum Gasteiger partial charge on any atom is 0.293 e.